The van der Waals surface area contributed by atoms with E-state index in [2.05, 4.69) is 5.10 Å². The fourth-order valence-corrected chi connectivity index (χ4v) is 1.89. The van der Waals surface area contributed by atoms with Crippen molar-refractivity contribution in [2.75, 3.05) is 0 Å². The highest BCUT2D eigenvalue weighted by molar-refractivity contribution is 5.64. The highest BCUT2D eigenvalue weighted by atomic mass is 19.1. The van der Waals surface area contributed by atoms with E-state index in [1.54, 1.807) is 16.9 Å². The monoisotopic (exact) mass is 232 g/mol. The average Bonchev–Trinajstić information content (AvgIpc) is 2.63. The van der Waals surface area contributed by atoms with Gasteiger partial charge in [-0.15, -0.1) is 0 Å². The van der Waals surface area contributed by atoms with Gasteiger partial charge in [0.25, 0.3) is 0 Å². The van der Waals surface area contributed by atoms with Crippen LogP contribution in [-0.2, 0) is 12.5 Å². The molecule has 0 unspecified atom stereocenters. The minimum absolute atomic E-state index is 0.145. The molecule has 0 N–H and O–H groups in total. The van der Waals surface area contributed by atoms with Crippen LogP contribution in [-0.4, -0.2) is 9.78 Å². The summed E-state index contributed by atoms with van der Waals surface area (Å²) in [4.78, 5) is 0. The van der Waals surface area contributed by atoms with E-state index in [0.717, 1.165) is 11.1 Å². The summed E-state index contributed by atoms with van der Waals surface area (Å²) in [6.07, 6.45) is 3.51. The van der Waals surface area contributed by atoms with Gasteiger partial charge in [0.05, 0.1) is 6.20 Å². The van der Waals surface area contributed by atoms with E-state index < -0.39 is 0 Å². The van der Waals surface area contributed by atoms with E-state index in [4.69, 9.17) is 0 Å². The van der Waals surface area contributed by atoms with Gasteiger partial charge in [-0.2, -0.15) is 5.10 Å². The van der Waals surface area contributed by atoms with Crippen molar-refractivity contribution in [1.29, 1.82) is 0 Å². The maximum absolute atomic E-state index is 14.4. The Bertz CT molecular complexity index is 535. The number of benzene rings is 1. The van der Waals surface area contributed by atoms with Crippen molar-refractivity contribution >= 4 is 0 Å². The summed E-state index contributed by atoms with van der Waals surface area (Å²) in [6, 6.07) is 5.53. The molecular weight excluding hydrogens is 215 g/mol. The second-order valence-electron chi connectivity index (χ2n) is 5.32. The number of aryl methyl sites for hydroxylation is 1. The fourth-order valence-electron chi connectivity index (χ4n) is 1.89. The standard InChI is InChI=1S/C14H17FN2/c1-14(2,3)12-7-5-6-11(13(12)15)10-8-16-17(4)9-10/h5-9H,1-4H3. The molecule has 0 saturated heterocycles. The molecule has 0 aliphatic heterocycles. The van der Waals surface area contributed by atoms with Crippen LogP contribution in [0.4, 0.5) is 4.39 Å². The van der Waals surface area contributed by atoms with Crippen molar-refractivity contribution in [2.24, 2.45) is 7.05 Å². The van der Waals surface area contributed by atoms with Crippen LogP contribution in [0.5, 0.6) is 0 Å². The Kier molecular flexibility index (Phi) is 2.77. The van der Waals surface area contributed by atoms with Gasteiger partial charge in [0.15, 0.2) is 0 Å². The lowest BCUT2D eigenvalue weighted by molar-refractivity contribution is 0.525. The van der Waals surface area contributed by atoms with E-state index in [1.165, 1.54) is 0 Å². The lowest BCUT2D eigenvalue weighted by Crippen LogP contribution is -2.13. The molecule has 0 bridgehead atoms. The van der Waals surface area contributed by atoms with Gasteiger partial charge in [-0.1, -0.05) is 39.0 Å². The first-order valence-corrected chi connectivity index (χ1v) is 5.67. The summed E-state index contributed by atoms with van der Waals surface area (Å²) in [5.41, 5.74) is 1.97. The topological polar surface area (TPSA) is 17.8 Å². The van der Waals surface area contributed by atoms with Gasteiger partial charge >= 0.3 is 0 Å². The molecule has 0 aliphatic carbocycles. The van der Waals surface area contributed by atoms with Crippen molar-refractivity contribution in [3.63, 3.8) is 0 Å². The van der Waals surface area contributed by atoms with Gasteiger partial charge in [-0.05, 0) is 11.0 Å². The Morgan fingerprint density at radius 3 is 2.47 bits per heavy atom. The number of nitrogens with zero attached hydrogens (tertiary/aromatic N) is 2. The lowest BCUT2D eigenvalue weighted by atomic mass is 9.85. The third-order valence-electron chi connectivity index (χ3n) is 2.82. The zero-order valence-corrected chi connectivity index (χ0v) is 10.7. The first-order chi connectivity index (χ1) is 7.89. The van der Waals surface area contributed by atoms with Crippen molar-refractivity contribution in [3.8, 4) is 11.1 Å². The van der Waals surface area contributed by atoms with Crippen LogP contribution in [0.25, 0.3) is 11.1 Å². The molecule has 17 heavy (non-hydrogen) atoms. The van der Waals surface area contributed by atoms with Crippen LogP contribution < -0.4 is 0 Å². The van der Waals surface area contributed by atoms with Gasteiger partial charge in [-0.3, -0.25) is 4.68 Å². The van der Waals surface area contributed by atoms with Gasteiger partial charge in [-0.25, -0.2) is 4.39 Å². The van der Waals surface area contributed by atoms with E-state index in [1.807, 2.05) is 46.1 Å². The molecule has 2 rings (SSSR count). The SMILES string of the molecule is Cn1cc(-c2cccc(C(C)(C)C)c2F)cn1. The predicted octanol–water partition coefficient (Wildman–Crippen LogP) is 3.52. The summed E-state index contributed by atoms with van der Waals surface area (Å²) < 4.78 is 16.1. The molecule has 0 radical (unpaired) electrons. The molecule has 2 nitrogen and oxygen atoms in total. The van der Waals surface area contributed by atoms with Crippen molar-refractivity contribution in [3.05, 3.63) is 42.0 Å². The van der Waals surface area contributed by atoms with Crippen molar-refractivity contribution in [2.45, 2.75) is 26.2 Å². The molecule has 0 atom stereocenters. The molecule has 0 fully saturated rings. The van der Waals surface area contributed by atoms with Crippen LogP contribution in [0.15, 0.2) is 30.6 Å². The summed E-state index contributed by atoms with van der Waals surface area (Å²) in [5, 5.41) is 4.08. The Labute approximate surface area is 101 Å². The lowest BCUT2D eigenvalue weighted by Gasteiger charge is -2.20. The highest BCUT2D eigenvalue weighted by Gasteiger charge is 2.20. The molecule has 0 amide bonds. The maximum Gasteiger partial charge on any atom is 0.134 e. The third kappa shape index (κ3) is 2.23. The molecule has 1 heterocycles. The van der Waals surface area contributed by atoms with Crippen LogP contribution in [0.2, 0.25) is 0 Å². The number of halogens is 1. The Morgan fingerprint density at radius 2 is 1.94 bits per heavy atom. The molecule has 0 aliphatic rings. The molecule has 0 spiro atoms. The highest BCUT2D eigenvalue weighted by Crippen LogP contribution is 2.31. The minimum Gasteiger partial charge on any atom is -0.275 e. The van der Waals surface area contributed by atoms with Crippen LogP contribution in [0, 0.1) is 5.82 Å². The van der Waals surface area contributed by atoms with E-state index in [0.29, 0.717) is 5.56 Å². The van der Waals surface area contributed by atoms with Gasteiger partial charge in [0, 0.05) is 24.4 Å². The number of hydrogen-bond donors (Lipinski definition) is 0. The summed E-state index contributed by atoms with van der Waals surface area (Å²) in [5.74, 6) is -0.145. The Hall–Kier alpha value is -1.64. The largest absolute Gasteiger partial charge is 0.275 e. The minimum atomic E-state index is -0.192. The molecular formula is C14H17FN2. The Morgan fingerprint density at radius 1 is 1.24 bits per heavy atom. The predicted molar refractivity (Wildman–Crippen MR) is 67.3 cm³/mol. The quantitative estimate of drug-likeness (QED) is 0.735. The van der Waals surface area contributed by atoms with Crippen LogP contribution in [0.3, 0.4) is 0 Å². The third-order valence-corrected chi connectivity index (χ3v) is 2.82. The number of aromatic nitrogens is 2. The average molecular weight is 232 g/mol. The molecule has 1 aromatic heterocycles. The normalized spacial score (nSPS) is 11.8. The first kappa shape index (κ1) is 11.8. The zero-order chi connectivity index (χ0) is 12.6. The van der Waals surface area contributed by atoms with E-state index in [9.17, 15) is 4.39 Å². The molecule has 1 aromatic carbocycles. The zero-order valence-electron chi connectivity index (χ0n) is 10.7. The van der Waals surface area contributed by atoms with Crippen molar-refractivity contribution < 1.29 is 4.39 Å². The maximum atomic E-state index is 14.4. The second-order valence-corrected chi connectivity index (χ2v) is 5.32. The molecule has 2 aromatic rings. The number of rotatable bonds is 1. The van der Waals surface area contributed by atoms with Gasteiger partial charge in [0.2, 0.25) is 0 Å². The van der Waals surface area contributed by atoms with Gasteiger partial charge in [0.1, 0.15) is 5.82 Å². The van der Waals surface area contributed by atoms with E-state index >= 15 is 0 Å². The summed E-state index contributed by atoms with van der Waals surface area (Å²) >= 11 is 0. The molecule has 90 valence electrons. The van der Waals surface area contributed by atoms with Crippen LogP contribution >= 0.6 is 0 Å². The first-order valence-electron chi connectivity index (χ1n) is 5.67. The van der Waals surface area contributed by atoms with Gasteiger partial charge < -0.3 is 0 Å². The van der Waals surface area contributed by atoms with Crippen molar-refractivity contribution in [1.82, 2.24) is 9.78 Å². The summed E-state index contributed by atoms with van der Waals surface area (Å²) in [6.45, 7) is 6.04. The molecule has 0 saturated carbocycles. The van der Waals surface area contributed by atoms with Crippen LogP contribution in [0.1, 0.15) is 26.3 Å². The Balaban J connectivity index is 2.57. The smallest absolute Gasteiger partial charge is 0.134 e. The fraction of sp³-hybridized carbons (Fsp3) is 0.357. The second kappa shape index (κ2) is 3.99. The summed E-state index contributed by atoms with van der Waals surface area (Å²) in [7, 11) is 1.83. The molecule has 3 heteroatoms. The van der Waals surface area contributed by atoms with E-state index in [-0.39, 0.29) is 11.2 Å². The number of hydrogen-bond acceptors (Lipinski definition) is 1.